The molecular formula is C11H12O3. The Kier molecular flexibility index (Phi) is 3.73. The van der Waals surface area contributed by atoms with Crippen molar-refractivity contribution in [3.63, 3.8) is 0 Å². The molecule has 0 spiro atoms. The summed E-state index contributed by atoms with van der Waals surface area (Å²) < 4.78 is 4.70. The van der Waals surface area contributed by atoms with Crippen LogP contribution in [-0.2, 0) is 16.0 Å². The van der Waals surface area contributed by atoms with Gasteiger partial charge < -0.3 is 9.84 Å². The fourth-order valence-electron chi connectivity index (χ4n) is 1.08. The normalized spacial score (nSPS) is 11.1. The number of allylic oxidation sites excluding steroid dienone is 1. The van der Waals surface area contributed by atoms with E-state index in [1.165, 1.54) is 7.11 Å². The van der Waals surface area contributed by atoms with Gasteiger partial charge in [-0.2, -0.15) is 0 Å². The number of hydrogen-bond donors (Lipinski definition) is 1. The Morgan fingerprint density at radius 3 is 2.57 bits per heavy atom. The first-order chi connectivity index (χ1) is 6.74. The SMILES string of the molecule is CO/C(=C/Cc1ccccc1)C(=O)O. The number of carboxylic acid groups (broad SMARTS) is 1. The quantitative estimate of drug-likeness (QED) is 0.585. The van der Waals surface area contributed by atoms with E-state index in [0.717, 1.165) is 5.56 Å². The molecule has 74 valence electrons. The number of ether oxygens (including phenoxy) is 1. The Morgan fingerprint density at radius 1 is 1.43 bits per heavy atom. The lowest BCUT2D eigenvalue weighted by Crippen LogP contribution is -2.02. The predicted molar refractivity (Wildman–Crippen MR) is 52.9 cm³/mol. The molecule has 3 nitrogen and oxygen atoms in total. The Balaban J connectivity index is 2.66. The van der Waals surface area contributed by atoms with Gasteiger partial charge in [0.15, 0.2) is 5.76 Å². The summed E-state index contributed by atoms with van der Waals surface area (Å²) in [6.07, 6.45) is 2.12. The Bertz CT molecular complexity index is 328. The van der Waals surface area contributed by atoms with Crippen LogP contribution < -0.4 is 0 Å². The average Bonchev–Trinajstić information content (AvgIpc) is 2.20. The molecule has 0 unspecified atom stereocenters. The number of methoxy groups -OCH3 is 1. The zero-order chi connectivity index (χ0) is 10.4. The van der Waals surface area contributed by atoms with Crippen LogP contribution in [0.2, 0.25) is 0 Å². The van der Waals surface area contributed by atoms with Crippen LogP contribution in [0.25, 0.3) is 0 Å². The zero-order valence-electron chi connectivity index (χ0n) is 7.93. The second kappa shape index (κ2) is 5.07. The van der Waals surface area contributed by atoms with Crippen molar-refractivity contribution in [3.8, 4) is 0 Å². The van der Waals surface area contributed by atoms with Gasteiger partial charge >= 0.3 is 5.97 Å². The van der Waals surface area contributed by atoms with E-state index in [2.05, 4.69) is 0 Å². The van der Waals surface area contributed by atoms with Gasteiger partial charge in [-0.25, -0.2) is 4.79 Å². The Labute approximate surface area is 82.6 Å². The molecule has 0 aliphatic rings. The lowest BCUT2D eigenvalue weighted by molar-refractivity contribution is -0.136. The van der Waals surface area contributed by atoms with Gasteiger partial charge in [-0.1, -0.05) is 30.3 Å². The smallest absolute Gasteiger partial charge is 0.370 e. The Hall–Kier alpha value is -1.77. The summed E-state index contributed by atoms with van der Waals surface area (Å²) in [6, 6.07) is 9.62. The maximum Gasteiger partial charge on any atom is 0.370 e. The standard InChI is InChI=1S/C11H12O3/c1-14-10(11(12)13)8-7-9-5-3-2-4-6-9/h2-6,8H,7H2,1H3,(H,12,13)/b10-8+. The monoisotopic (exact) mass is 192 g/mol. The van der Waals surface area contributed by atoms with Crippen LogP contribution in [0.3, 0.4) is 0 Å². The van der Waals surface area contributed by atoms with Crippen LogP contribution in [0, 0.1) is 0 Å². The maximum atomic E-state index is 10.6. The molecule has 1 N–H and O–H groups in total. The van der Waals surface area contributed by atoms with Gasteiger partial charge in [-0.15, -0.1) is 0 Å². The highest BCUT2D eigenvalue weighted by Crippen LogP contribution is 2.03. The minimum absolute atomic E-state index is 0.0196. The van der Waals surface area contributed by atoms with Crippen molar-refractivity contribution in [1.82, 2.24) is 0 Å². The van der Waals surface area contributed by atoms with E-state index in [0.29, 0.717) is 6.42 Å². The van der Waals surface area contributed by atoms with E-state index in [4.69, 9.17) is 9.84 Å². The van der Waals surface area contributed by atoms with Gasteiger partial charge in [0.05, 0.1) is 7.11 Å². The van der Waals surface area contributed by atoms with Crippen LogP contribution in [0.5, 0.6) is 0 Å². The third-order valence-electron chi connectivity index (χ3n) is 1.80. The average molecular weight is 192 g/mol. The minimum Gasteiger partial charge on any atom is -0.490 e. The van der Waals surface area contributed by atoms with Gasteiger partial charge in [0, 0.05) is 0 Å². The third kappa shape index (κ3) is 2.94. The van der Waals surface area contributed by atoms with Gasteiger partial charge in [0.2, 0.25) is 0 Å². The number of hydrogen-bond acceptors (Lipinski definition) is 2. The van der Waals surface area contributed by atoms with Crippen molar-refractivity contribution in [1.29, 1.82) is 0 Å². The molecule has 0 saturated carbocycles. The van der Waals surface area contributed by atoms with Crippen molar-refractivity contribution in [2.75, 3.05) is 7.11 Å². The van der Waals surface area contributed by atoms with E-state index >= 15 is 0 Å². The van der Waals surface area contributed by atoms with Crippen LogP contribution in [0.4, 0.5) is 0 Å². The number of rotatable bonds is 4. The summed E-state index contributed by atoms with van der Waals surface area (Å²) in [6.45, 7) is 0. The summed E-state index contributed by atoms with van der Waals surface area (Å²) in [5, 5.41) is 8.66. The molecule has 0 amide bonds. The number of benzene rings is 1. The molecule has 0 fully saturated rings. The number of carboxylic acids is 1. The van der Waals surface area contributed by atoms with Crippen LogP contribution in [0.15, 0.2) is 42.2 Å². The van der Waals surface area contributed by atoms with Crippen molar-refractivity contribution < 1.29 is 14.6 Å². The Morgan fingerprint density at radius 2 is 2.07 bits per heavy atom. The molecule has 14 heavy (non-hydrogen) atoms. The first-order valence-electron chi connectivity index (χ1n) is 4.25. The van der Waals surface area contributed by atoms with Crippen molar-refractivity contribution >= 4 is 5.97 Å². The topological polar surface area (TPSA) is 46.5 Å². The predicted octanol–water partition coefficient (Wildman–Crippen LogP) is 1.84. The molecule has 0 aromatic heterocycles. The molecule has 0 saturated heterocycles. The van der Waals surface area contributed by atoms with Crippen LogP contribution >= 0.6 is 0 Å². The fraction of sp³-hybridized carbons (Fsp3) is 0.182. The minimum atomic E-state index is -1.04. The van der Waals surface area contributed by atoms with Crippen molar-refractivity contribution in [2.45, 2.75) is 6.42 Å². The van der Waals surface area contributed by atoms with Gasteiger partial charge in [-0.05, 0) is 18.1 Å². The molecule has 1 aromatic carbocycles. The zero-order valence-corrected chi connectivity index (χ0v) is 7.93. The molecule has 3 heteroatoms. The second-order valence-corrected chi connectivity index (χ2v) is 2.77. The first-order valence-corrected chi connectivity index (χ1v) is 4.25. The van der Waals surface area contributed by atoms with Crippen molar-refractivity contribution in [3.05, 3.63) is 47.7 Å². The summed E-state index contributed by atoms with van der Waals surface area (Å²) in [4.78, 5) is 10.6. The fourth-order valence-corrected chi connectivity index (χ4v) is 1.08. The van der Waals surface area contributed by atoms with E-state index in [-0.39, 0.29) is 5.76 Å². The van der Waals surface area contributed by atoms with E-state index in [9.17, 15) is 4.79 Å². The van der Waals surface area contributed by atoms with Crippen LogP contribution in [-0.4, -0.2) is 18.2 Å². The van der Waals surface area contributed by atoms with Gasteiger partial charge in [-0.3, -0.25) is 0 Å². The summed E-state index contributed by atoms with van der Waals surface area (Å²) in [5.41, 5.74) is 1.06. The van der Waals surface area contributed by atoms with Gasteiger partial charge in [0.1, 0.15) is 0 Å². The summed E-state index contributed by atoms with van der Waals surface area (Å²) >= 11 is 0. The maximum absolute atomic E-state index is 10.6. The summed E-state index contributed by atoms with van der Waals surface area (Å²) in [5.74, 6) is -1.06. The highest BCUT2D eigenvalue weighted by atomic mass is 16.5. The largest absolute Gasteiger partial charge is 0.490 e. The summed E-state index contributed by atoms with van der Waals surface area (Å²) in [7, 11) is 1.35. The molecule has 0 radical (unpaired) electrons. The molecule has 1 aromatic rings. The lowest BCUT2D eigenvalue weighted by Gasteiger charge is -2.00. The number of aliphatic carboxylic acids is 1. The van der Waals surface area contributed by atoms with Crippen molar-refractivity contribution in [2.24, 2.45) is 0 Å². The molecule has 1 rings (SSSR count). The molecule has 0 bridgehead atoms. The van der Waals surface area contributed by atoms with E-state index < -0.39 is 5.97 Å². The molecule has 0 heterocycles. The molecular weight excluding hydrogens is 180 g/mol. The third-order valence-corrected chi connectivity index (χ3v) is 1.80. The number of carbonyl (C=O) groups is 1. The molecule has 0 aliphatic carbocycles. The second-order valence-electron chi connectivity index (χ2n) is 2.77. The molecule has 0 aliphatic heterocycles. The first kappa shape index (κ1) is 10.3. The molecule has 0 atom stereocenters. The highest BCUT2D eigenvalue weighted by molar-refractivity contribution is 5.84. The van der Waals surface area contributed by atoms with E-state index in [1.54, 1.807) is 6.08 Å². The lowest BCUT2D eigenvalue weighted by atomic mass is 10.1. The highest BCUT2D eigenvalue weighted by Gasteiger charge is 2.04. The van der Waals surface area contributed by atoms with Crippen LogP contribution in [0.1, 0.15) is 5.56 Å². The van der Waals surface area contributed by atoms with E-state index in [1.807, 2.05) is 30.3 Å². The van der Waals surface area contributed by atoms with Gasteiger partial charge in [0.25, 0.3) is 0 Å².